The SMILES string of the molecule is O=S(=O)(NC1CCN(Cc2ccccc2)CC1)c1ccc2c(c1)CCC2. The van der Waals surface area contributed by atoms with E-state index in [1.54, 1.807) is 6.07 Å². The highest BCUT2D eigenvalue weighted by Gasteiger charge is 2.25. The van der Waals surface area contributed by atoms with Gasteiger partial charge in [-0.15, -0.1) is 0 Å². The third-order valence-electron chi connectivity index (χ3n) is 5.54. The van der Waals surface area contributed by atoms with Gasteiger partial charge in [-0.25, -0.2) is 13.1 Å². The molecule has 4 nitrogen and oxygen atoms in total. The number of nitrogens with one attached hydrogen (secondary N) is 1. The van der Waals surface area contributed by atoms with Gasteiger partial charge in [0.2, 0.25) is 10.0 Å². The molecule has 4 rings (SSSR count). The maximum absolute atomic E-state index is 12.7. The Morgan fingerprint density at radius 1 is 0.962 bits per heavy atom. The van der Waals surface area contributed by atoms with Crippen molar-refractivity contribution in [3.8, 4) is 0 Å². The van der Waals surface area contributed by atoms with Gasteiger partial charge in [-0.1, -0.05) is 36.4 Å². The number of rotatable bonds is 5. The predicted octanol–water partition coefficient (Wildman–Crippen LogP) is 3.12. The zero-order valence-corrected chi connectivity index (χ0v) is 15.8. The normalized spacial score (nSPS) is 18.8. The number of hydrogen-bond acceptors (Lipinski definition) is 3. The van der Waals surface area contributed by atoms with Crippen LogP contribution >= 0.6 is 0 Å². The topological polar surface area (TPSA) is 49.4 Å². The molecule has 2 aromatic carbocycles. The van der Waals surface area contributed by atoms with Gasteiger partial charge >= 0.3 is 0 Å². The molecule has 2 aromatic rings. The van der Waals surface area contributed by atoms with Gasteiger partial charge in [-0.2, -0.15) is 0 Å². The Bertz CT molecular complexity index is 857. The van der Waals surface area contributed by atoms with E-state index in [1.807, 2.05) is 18.2 Å². The lowest BCUT2D eigenvalue weighted by Crippen LogP contribution is -2.44. The van der Waals surface area contributed by atoms with Gasteiger partial charge in [-0.3, -0.25) is 4.90 Å². The second-order valence-electron chi connectivity index (χ2n) is 7.44. The Hall–Kier alpha value is -1.69. The van der Waals surface area contributed by atoms with Crippen LogP contribution in [0.2, 0.25) is 0 Å². The van der Waals surface area contributed by atoms with Gasteiger partial charge in [0.25, 0.3) is 0 Å². The van der Waals surface area contributed by atoms with Crippen molar-refractivity contribution in [3.63, 3.8) is 0 Å². The molecule has 1 heterocycles. The maximum atomic E-state index is 12.7. The van der Waals surface area contributed by atoms with Crippen LogP contribution in [-0.2, 0) is 29.4 Å². The Labute approximate surface area is 156 Å². The molecule has 138 valence electrons. The fraction of sp³-hybridized carbons (Fsp3) is 0.429. The average molecular weight is 371 g/mol. The number of fused-ring (bicyclic) bond motifs is 1. The first kappa shape index (κ1) is 17.7. The summed E-state index contributed by atoms with van der Waals surface area (Å²) in [5, 5.41) is 0. The molecular formula is C21H26N2O2S. The van der Waals surface area contributed by atoms with E-state index in [0.29, 0.717) is 4.90 Å². The first-order valence-electron chi connectivity index (χ1n) is 9.50. The van der Waals surface area contributed by atoms with E-state index in [1.165, 1.54) is 16.7 Å². The van der Waals surface area contributed by atoms with Crippen molar-refractivity contribution >= 4 is 10.0 Å². The number of piperidine rings is 1. The first-order valence-corrected chi connectivity index (χ1v) is 11.0. The van der Waals surface area contributed by atoms with Crippen LogP contribution in [0, 0.1) is 0 Å². The van der Waals surface area contributed by atoms with Crippen LogP contribution in [0.1, 0.15) is 36.0 Å². The molecule has 0 saturated carbocycles. The largest absolute Gasteiger partial charge is 0.299 e. The molecule has 0 amide bonds. The van der Waals surface area contributed by atoms with Crippen molar-refractivity contribution in [3.05, 3.63) is 65.2 Å². The van der Waals surface area contributed by atoms with Crippen molar-refractivity contribution in [2.45, 2.75) is 49.6 Å². The average Bonchev–Trinajstić information content (AvgIpc) is 3.12. The second kappa shape index (κ2) is 7.51. The van der Waals surface area contributed by atoms with Crippen molar-refractivity contribution in [2.75, 3.05) is 13.1 Å². The molecule has 0 spiro atoms. The predicted molar refractivity (Wildman–Crippen MR) is 104 cm³/mol. The summed E-state index contributed by atoms with van der Waals surface area (Å²) < 4.78 is 28.4. The van der Waals surface area contributed by atoms with Gasteiger partial charge in [0.1, 0.15) is 0 Å². The minimum atomic E-state index is -3.43. The summed E-state index contributed by atoms with van der Waals surface area (Å²) >= 11 is 0. The lowest BCUT2D eigenvalue weighted by atomic mass is 10.1. The molecular weight excluding hydrogens is 344 g/mol. The zero-order chi connectivity index (χ0) is 18.0. The first-order chi connectivity index (χ1) is 12.6. The molecule has 1 saturated heterocycles. The van der Waals surface area contributed by atoms with Crippen LogP contribution in [0.5, 0.6) is 0 Å². The summed E-state index contributed by atoms with van der Waals surface area (Å²) in [6.07, 6.45) is 4.92. The smallest absolute Gasteiger partial charge is 0.240 e. The minimum absolute atomic E-state index is 0.0280. The molecule has 26 heavy (non-hydrogen) atoms. The molecule has 0 bridgehead atoms. The van der Waals surface area contributed by atoms with E-state index >= 15 is 0 Å². The minimum Gasteiger partial charge on any atom is -0.299 e. The molecule has 1 aliphatic carbocycles. The summed E-state index contributed by atoms with van der Waals surface area (Å²) in [6, 6.07) is 16.1. The lowest BCUT2D eigenvalue weighted by molar-refractivity contribution is 0.200. The van der Waals surface area contributed by atoms with Gasteiger partial charge < -0.3 is 0 Å². The highest BCUT2D eigenvalue weighted by Crippen LogP contribution is 2.25. The van der Waals surface area contributed by atoms with Gasteiger partial charge in [0.15, 0.2) is 0 Å². The number of aryl methyl sites for hydroxylation is 2. The van der Waals surface area contributed by atoms with Crippen LogP contribution < -0.4 is 4.72 Å². The Balaban J connectivity index is 1.35. The maximum Gasteiger partial charge on any atom is 0.240 e. The van der Waals surface area contributed by atoms with E-state index in [0.717, 1.165) is 51.7 Å². The number of sulfonamides is 1. The van der Waals surface area contributed by atoms with E-state index in [4.69, 9.17) is 0 Å². The molecule has 2 aliphatic rings. The molecule has 5 heteroatoms. The molecule has 0 unspecified atom stereocenters. The van der Waals surface area contributed by atoms with E-state index in [9.17, 15) is 8.42 Å². The number of hydrogen-bond donors (Lipinski definition) is 1. The van der Waals surface area contributed by atoms with Crippen LogP contribution in [0.3, 0.4) is 0 Å². The highest BCUT2D eigenvalue weighted by atomic mass is 32.2. The second-order valence-corrected chi connectivity index (χ2v) is 9.16. The molecule has 0 aromatic heterocycles. The molecule has 0 radical (unpaired) electrons. The van der Waals surface area contributed by atoms with Gasteiger partial charge in [0.05, 0.1) is 4.90 Å². The molecule has 1 fully saturated rings. The number of nitrogens with zero attached hydrogens (tertiary/aromatic N) is 1. The van der Waals surface area contributed by atoms with Crippen molar-refractivity contribution in [1.82, 2.24) is 9.62 Å². The van der Waals surface area contributed by atoms with Gasteiger partial charge in [-0.05, 0) is 60.9 Å². The fourth-order valence-corrected chi connectivity index (χ4v) is 5.41. The van der Waals surface area contributed by atoms with Gasteiger partial charge in [0, 0.05) is 25.7 Å². The van der Waals surface area contributed by atoms with E-state index in [-0.39, 0.29) is 6.04 Å². The van der Waals surface area contributed by atoms with Crippen LogP contribution in [-0.4, -0.2) is 32.4 Å². The summed E-state index contributed by atoms with van der Waals surface area (Å²) in [7, 11) is -3.43. The standard InChI is InChI=1S/C21H26N2O2S/c24-26(25,21-10-9-18-7-4-8-19(18)15-21)22-20-11-13-23(14-12-20)16-17-5-2-1-3-6-17/h1-3,5-6,9-10,15,20,22H,4,7-8,11-14,16H2. The summed E-state index contributed by atoms with van der Waals surface area (Å²) in [4.78, 5) is 2.82. The third-order valence-corrected chi connectivity index (χ3v) is 7.06. The van der Waals surface area contributed by atoms with Crippen LogP contribution in [0.25, 0.3) is 0 Å². The molecule has 1 N–H and O–H groups in total. The lowest BCUT2D eigenvalue weighted by Gasteiger charge is -2.32. The van der Waals surface area contributed by atoms with E-state index in [2.05, 4.69) is 33.9 Å². The van der Waals surface area contributed by atoms with Crippen LogP contribution in [0.15, 0.2) is 53.4 Å². The molecule has 1 aliphatic heterocycles. The Kier molecular flexibility index (Phi) is 5.11. The number of benzene rings is 2. The quantitative estimate of drug-likeness (QED) is 0.880. The fourth-order valence-electron chi connectivity index (χ4n) is 4.05. The van der Waals surface area contributed by atoms with Crippen molar-refractivity contribution < 1.29 is 8.42 Å². The van der Waals surface area contributed by atoms with Crippen molar-refractivity contribution in [2.24, 2.45) is 0 Å². The summed E-state index contributed by atoms with van der Waals surface area (Å²) in [5.41, 5.74) is 3.81. The number of likely N-dealkylation sites (tertiary alicyclic amines) is 1. The Morgan fingerprint density at radius 3 is 2.46 bits per heavy atom. The van der Waals surface area contributed by atoms with Crippen molar-refractivity contribution in [1.29, 1.82) is 0 Å². The summed E-state index contributed by atoms with van der Waals surface area (Å²) in [5.74, 6) is 0. The molecule has 0 atom stereocenters. The Morgan fingerprint density at radius 2 is 1.69 bits per heavy atom. The third kappa shape index (κ3) is 4.00. The summed E-state index contributed by atoms with van der Waals surface area (Å²) in [6.45, 7) is 2.78. The zero-order valence-electron chi connectivity index (χ0n) is 15.0. The van der Waals surface area contributed by atoms with Crippen LogP contribution in [0.4, 0.5) is 0 Å². The highest BCUT2D eigenvalue weighted by molar-refractivity contribution is 7.89. The van der Waals surface area contributed by atoms with E-state index < -0.39 is 10.0 Å². The monoisotopic (exact) mass is 370 g/mol.